The first-order chi connectivity index (χ1) is 13.8. The lowest BCUT2D eigenvalue weighted by Gasteiger charge is -2.19. The quantitative estimate of drug-likeness (QED) is 0.424. The molecule has 1 aliphatic heterocycles. The van der Waals surface area contributed by atoms with E-state index in [1.54, 1.807) is 4.90 Å². The van der Waals surface area contributed by atoms with Gasteiger partial charge in [-0.25, -0.2) is 13.8 Å². The molecule has 13 heteroatoms. The molecule has 148 valence electrons. The molecular formula is C16H8Cl2F2N6O2S. The highest BCUT2D eigenvalue weighted by Gasteiger charge is 2.37. The normalized spacial score (nSPS) is 14.9. The van der Waals surface area contributed by atoms with Crippen LogP contribution in [0.4, 0.5) is 8.78 Å². The first-order valence-electron chi connectivity index (χ1n) is 7.78. The van der Waals surface area contributed by atoms with Crippen LogP contribution < -0.4 is 5.32 Å². The highest BCUT2D eigenvalue weighted by atomic mass is 35.5. The number of nitrogens with one attached hydrogen (secondary N) is 1. The second-order valence-corrected chi connectivity index (χ2v) is 7.75. The van der Waals surface area contributed by atoms with Gasteiger partial charge >= 0.3 is 5.70 Å². The van der Waals surface area contributed by atoms with Crippen molar-refractivity contribution in [3.05, 3.63) is 64.8 Å². The smallest absolute Gasteiger partial charge is 0.319 e. The average Bonchev–Trinajstić information content (AvgIpc) is 3.29. The van der Waals surface area contributed by atoms with E-state index in [1.165, 1.54) is 29.7 Å². The van der Waals surface area contributed by atoms with Crippen LogP contribution in [0.3, 0.4) is 0 Å². The molecule has 0 atom stereocenters. The predicted molar refractivity (Wildman–Crippen MR) is 100 cm³/mol. The second kappa shape index (κ2) is 8.17. The molecule has 0 bridgehead atoms. The van der Waals surface area contributed by atoms with Crippen molar-refractivity contribution in [3.8, 4) is 12.1 Å². The van der Waals surface area contributed by atoms with Crippen molar-refractivity contribution in [1.29, 1.82) is 10.5 Å². The van der Waals surface area contributed by atoms with Gasteiger partial charge in [0.05, 0.1) is 22.1 Å². The molecule has 2 aromatic rings. The van der Waals surface area contributed by atoms with Gasteiger partial charge in [-0.1, -0.05) is 23.2 Å². The van der Waals surface area contributed by atoms with Crippen molar-refractivity contribution in [3.63, 3.8) is 0 Å². The van der Waals surface area contributed by atoms with Gasteiger partial charge in [0.2, 0.25) is 0 Å². The lowest BCUT2D eigenvalue weighted by atomic mass is 10.00. The molecule has 1 aliphatic rings. The van der Waals surface area contributed by atoms with Gasteiger partial charge in [0.25, 0.3) is 0 Å². The molecule has 8 nitrogen and oxygen atoms in total. The lowest BCUT2D eigenvalue weighted by Crippen LogP contribution is -2.24. The third-order valence-electron chi connectivity index (χ3n) is 4.05. The molecule has 0 amide bonds. The summed E-state index contributed by atoms with van der Waals surface area (Å²) in [6, 6.07) is 2.72. The minimum absolute atomic E-state index is 0.0681. The van der Waals surface area contributed by atoms with Crippen LogP contribution in [0.2, 0.25) is 9.49 Å². The summed E-state index contributed by atoms with van der Waals surface area (Å²) in [4.78, 5) is 17.1. The first kappa shape index (κ1) is 20.7. The zero-order valence-corrected chi connectivity index (χ0v) is 16.5. The zero-order chi connectivity index (χ0) is 21.3. The van der Waals surface area contributed by atoms with Crippen molar-refractivity contribution in [1.82, 2.24) is 15.2 Å². The molecule has 3 rings (SSSR count). The van der Waals surface area contributed by atoms with E-state index in [4.69, 9.17) is 28.5 Å². The summed E-state index contributed by atoms with van der Waals surface area (Å²) in [5, 5.41) is 32.0. The highest BCUT2D eigenvalue weighted by Crippen LogP contribution is 2.37. The number of hydrogen-bond acceptors (Lipinski definition) is 8. The third kappa shape index (κ3) is 3.68. The maximum Gasteiger partial charge on any atom is 0.319 e. The summed E-state index contributed by atoms with van der Waals surface area (Å²) < 4.78 is 29.2. The Hall–Kier alpha value is -2.99. The van der Waals surface area contributed by atoms with Crippen LogP contribution in [-0.4, -0.2) is 27.9 Å². The van der Waals surface area contributed by atoms with Gasteiger partial charge in [0.15, 0.2) is 21.9 Å². The summed E-state index contributed by atoms with van der Waals surface area (Å²) in [5.41, 5.74) is -3.48. The van der Waals surface area contributed by atoms with E-state index in [1.807, 2.05) is 0 Å². The number of halogens is 4. The Morgan fingerprint density at radius 1 is 1.34 bits per heavy atom. The summed E-state index contributed by atoms with van der Waals surface area (Å²) >= 11 is 12.9. The van der Waals surface area contributed by atoms with E-state index in [0.717, 1.165) is 0 Å². The maximum absolute atomic E-state index is 14.5. The summed E-state index contributed by atoms with van der Waals surface area (Å²) in [5.74, 6) is -3.05. The van der Waals surface area contributed by atoms with E-state index in [-0.39, 0.29) is 12.4 Å². The van der Waals surface area contributed by atoms with Gasteiger partial charge in [-0.2, -0.15) is 10.5 Å². The minimum Gasteiger partial charge on any atom is -0.364 e. The standard InChI is InChI=1S/C16H8Cl2F2N6O2S/c17-11-10(8(3-21)12(19)9(4-22)13(11)20)14(26(27)28)15-23-1-2-25(15)6-7-5-24-16(18)29-7/h5,23H,1-2,6H2/b15-14+. The Labute approximate surface area is 176 Å². The summed E-state index contributed by atoms with van der Waals surface area (Å²) in [6.07, 6.45) is 1.50. The number of rotatable bonds is 4. The fourth-order valence-electron chi connectivity index (χ4n) is 2.85. The van der Waals surface area contributed by atoms with Crippen LogP contribution in [-0.2, 0) is 6.54 Å². The average molecular weight is 457 g/mol. The summed E-state index contributed by atoms with van der Waals surface area (Å²) in [6.45, 7) is 0.827. The molecule has 1 fully saturated rings. The molecule has 29 heavy (non-hydrogen) atoms. The number of nitro groups is 1. The molecular weight excluding hydrogens is 449 g/mol. The van der Waals surface area contributed by atoms with Crippen LogP contribution >= 0.6 is 34.5 Å². The Morgan fingerprint density at radius 2 is 2.03 bits per heavy atom. The van der Waals surface area contributed by atoms with Gasteiger partial charge in [0, 0.05) is 24.2 Å². The number of aromatic nitrogens is 1. The second-order valence-electron chi connectivity index (χ2n) is 5.67. The van der Waals surface area contributed by atoms with E-state index in [0.29, 0.717) is 22.4 Å². The van der Waals surface area contributed by atoms with Crippen molar-refractivity contribution >= 4 is 40.2 Å². The van der Waals surface area contributed by atoms with Gasteiger partial charge in [-0.15, -0.1) is 11.3 Å². The van der Waals surface area contributed by atoms with E-state index in [9.17, 15) is 24.2 Å². The topological polar surface area (TPSA) is 119 Å². The molecule has 1 aromatic carbocycles. The van der Waals surface area contributed by atoms with E-state index < -0.39 is 44.0 Å². The van der Waals surface area contributed by atoms with Crippen molar-refractivity contribution in [2.75, 3.05) is 13.1 Å². The Bertz CT molecular complexity index is 1140. The monoisotopic (exact) mass is 456 g/mol. The number of benzene rings is 1. The number of nitrogens with zero attached hydrogens (tertiary/aromatic N) is 5. The van der Waals surface area contributed by atoms with Crippen LogP contribution in [0, 0.1) is 44.4 Å². The van der Waals surface area contributed by atoms with Crippen molar-refractivity contribution in [2.24, 2.45) is 0 Å². The molecule has 2 heterocycles. The number of thiazole rings is 1. The van der Waals surface area contributed by atoms with Crippen LogP contribution in [0.5, 0.6) is 0 Å². The van der Waals surface area contributed by atoms with E-state index in [2.05, 4.69) is 10.3 Å². The van der Waals surface area contributed by atoms with Crippen LogP contribution in [0.15, 0.2) is 12.0 Å². The van der Waals surface area contributed by atoms with Gasteiger partial charge in [-0.3, -0.25) is 10.1 Å². The van der Waals surface area contributed by atoms with Crippen molar-refractivity contribution < 1.29 is 13.7 Å². The van der Waals surface area contributed by atoms with E-state index >= 15 is 0 Å². The Balaban J connectivity index is 2.24. The first-order valence-corrected chi connectivity index (χ1v) is 9.36. The van der Waals surface area contributed by atoms with Gasteiger partial charge in [0.1, 0.15) is 23.3 Å². The van der Waals surface area contributed by atoms with Crippen LogP contribution in [0.1, 0.15) is 21.6 Å². The molecule has 0 unspecified atom stereocenters. The fraction of sp³-hybridized carbons (Fsp3) is 0.188. The highest BCUT2D eigenvalue weighted by molar-refractivity contribution is 7.15. The Kier molecular flexibility index (Phi) is 5.84. The van der Waals surface area contributed by atoms with Gasteiger partial charge < -0.3 is 10.2 Å². The predicted octanol–water partition coefficient (Wildman–Crippen LogP) is 3.48. The maximum atomic E-state index is 14.5. The molecule has 0 saturated carbocycles. The number of hydrogen-bond donors (Lipinski definition) is 1. The number of nitriles is 2. The largest absolute Gasteiger partial charge is 0.364 e. The zero-order valence-electron chi connectivity index (χ0n) is 14.2. The summed E-state index contributed by atoms with van der Waals surface area (Å²) in [7, 11) is 0. The molecule has 0 radical (unpaired) electrons. The fourth-order valence-corrected chi connectivity index (χ4v) is 4.12. The molecule has 1 N–H and O–H groups in total. The molecule has 0 spiro atoms. The van der Waals surface area contributed by atoms with Gasteiger partial charge in [-0.05, 0) is 0 Å². The van der Waals surface area contributed by atoms with Crippen LogP contribution in [0.25, 0.3) is 5.70 Å². The molecule has 1 saturated heterocycles. The SMILES string of the molecule is N#Cc1c(F)c(Cl)c(/C(=C2/NCCN2Cc2cnc(Cl)s2)[N+](=O)[O-])c(C#N)c1F. The third-order valence-corrected chi connectivity index (χ3v) is 5.50. The molecule has 1 aromatic heterocycles. The minimum atomic E-state index is -1.51. The molecule has 0 aliphatic carbocycles. The van der Waals surface area contributed by atoms with Crippen molar-refractivity contribution in [2.45, 2.75) is 6.54 Å². The lowest BCUT2D eigenvalue weighted by molar-refractivity contribution is -0.377. The Morgan fingerprint density at radius 3 is 2.59 bits per heavy atom.